The van der Waals surface area contributed by atoms with E-state index in [1.807, 2.05) is 23.4 Å². The maximum absolute atomic E-state index is 12.9. The van der Waals surface area contributed by atoms with Gasteiger partial charge in [-0.05, 0) is 77.1 Å². The summed E-state index contributed by atoms with van der Waals surface area (Å²) in [4.78, 5) is 17.4. The molecule has 0 aromatic carbocycles. The third kappa shape index (κ3) is 4.06. The highest BCUT2D eigenvalue weighted by Gasteiger charge is 2.45. The van der Waals surface area contributed by atoms with Crippen LogP contribution in [0.15, 0.2) is 0 Å². The molecule has 152 valence electrons. The molecule has 2 aliphatic heterocycles. The van der Waals surface area contributed by atoms with Crippen LogP contribution in [0.4, 0.5) is 0 Å². The highest BCUT2D eigenvalue weighted by Crippen LogP contribution is 2.45. The summed E-state index contributed by atoms with van der Waals surface area (Å²) in [6.45, 7) is 13.7. The van der Waals surface area contributed by atoms with Crippen molar-refractivity contribution in [2.75, 3.05) is 39.3 Å². The molecule has 1 atom stereocenters. The number of rotatable bonds is 5. The average molecular weight is 377 g/mol. The summed E-state index contributed by atoms with van der Waals surface area (Å²) < 4.78 is 1.83. The number of carbonyl (C=O) groups excluding carboxylic acids is 1. The van der Waals surface area contributed by atoms with E-state index in [-0.39, 0.29) is 23.8 Å². The van der Waals surface area contributed by atoms with Crippen molar-refractivity contribution in [3.63, 3.8) is 0 Å². The first-order valence-electron chi connectivity index (χ1n) is 10.5. The molecule has 3 rings (SSSR count). The molecule has 1 spiro atoms. The Morgan fingerprint density at radius 3 is 2.41 bits per heavy atom. The molecule has 2 fully saturated rings. The predicted molar refractivity (Wildman–Crippen MR) is 107 cm³/mol. The molecule has 0 bridgehead atoms. The Labute approximate surface area is 163 Å². The zero-order chi connectivity index (χ0) is 19.6. The highest BCUT2D eigenvalue weighted by atomic mass is 16.3. The van der Waals surface area contributed by atoms with Gasteiger partial charge in [-0.1, -0.05) is 6.92 Å². The van der Waals surface area contributed by atoms with Crippen LogP contribution in [0, 0.1) is 32.1 Å². The summed E-state index contributed by atoms with van der Waals surface area (Å²) in [6, 6.07) is 0. The molecule has 3 heterocycles. The third-order valence-corrected chi connectivity index (χ3v) is 7.18. The molecular formula is C21H36N4O2. The van der Waals surface area contributed by atoms with Crippen molar-refractivity contribution >= 4 is 5.91 Å². The van der Waals surface area contributed by atoms with Gasteiger partial charge in [-0.15, -0.1) is 0 Å². The number of aromatic nitrogens is 2. The van der Waals surface area contributed by atoms with Crippen molar-refractivity contribution in [3.8, 4) is 0 Å². The van der Waals surface area contributed by atoms with Gasteiger partial charge in [-0.25, -0.2) is 0 Å². The Morgan fingerprint density at radius 1 is 1.19 bits per heavy atom. The molecule has 0 unspecified atom stereocenters. The molecule has 6 heteroatoms. The summed E-state index contributed by atoms with van der Waals surface area (Å²) in [5.41, 5.74) is 3.43. The minimum absolute atomic E-state index is 0.123. The van der Waals surface area contributed by atoms with Crippen LogP contribution < -0.4 is 0 Å². The molecule has 6 nitrogen and oxygen atoms in total. The number of hydrogen-bond donors (Lipinski definition) is 1. The lowest BCUT2D eigenvalue weighted by atomic mass is 9.64. The third-order valence-electron chi connectivity index (χ3n) is 7.18. The second-order valence-corrected chi connectivity index (χ2v) is 8.63. The van der Waals surface area contributed by atoms with Gasteiger partial charge in [0, 0.05) is 31.3 Å². The van der Waals surface area contributed by atoms with Crippen molar-refractivity contribution in [2.45, 2.75) is 59.9 Å². The molecule has 2 aliphatic rings. The van der Waals surface area contributed by atoms with Gasteiger partial charge < -0.3 is 14.9 Å². The number of piperidine rings is 2. The number of likely N-dealkylation sites (tertiary alicyclic amines) is 2. The molecule has 1 amide bonds. The predicted octanol–water partition coefficient (Wildman–Crippen LogP) is 2.14. The van der Waals surface area contributed by atoms with E-state index >= 15 is 0 Å². The zero-order valence-corrected chi connectivity index (χ0v) is 17.5. The number of hydrogen-bond acceptors (Lipinski definition) is 4. The quantitative estimate of drug-likeness (QED) is 0.855. The fraction of sp³-hybridized carbons (Fsp3) is 0.810. The Hall–Kier alpha value is -1.40. The van der Waals surface area contributed by atoms with Crippen molar-refractivity contribution in [2.24, 2.45) is 11.3 Å². The Balaban J connectivity index is 1.62. The van der Waals surface area contributed by atoms with Crippen LogP contribution in [0.2, 0.25) is 0 Å². The largest absolute Gasteiger partial charge is 0.396 e. The van der Waals surface area contributed by atoms with E-state index in [2.05, 4.69) is 23.8 Å². The van der Waals surface area contributed by atoms with Crippen molar-refractivity contribution in [1.29, 1.82) is 0 Å². The minimum Gasteiger partial charge on any atom is -0.396 e. The van der Waals surface area contributed by atoms with Gasteiger partial charge in [0.15, 0.2) is 0 Å². The maximum atomic E-state index is 12.9. The van der Waals surface area contributed by atoms with Crippen molar-refractivity contribution < 1.29 is 9.90 Å². The van der Waals surface area contributed by atoms with Crippen LogP contribution in [0.5, 0.6) is 0 Å². The monoisotopic (exact) mass is 376 g/mol. The standard InChI is InChI=1S/C21H36N4O2/c1-5-9-23-10-6-21(7-11-23)8-12-24(13-19(21)15-26)20(27)14-25-18(4)16(2)17(3)22-25/h19,26H,5-15H2,1-4H3/t19-/m0/s1. The van der Waals surface area contributed by atoms with Gasteiger partial charge >= 0.3 is 0 Å². The first kappa shape index (κ1) is 20.3. The van der Waals surface area contributed by atoms with Gasteiger partial charge in [0.1, 0.15) is 6.54 Å². The summed E-state index contributed by atoms with van der Waals surface area (Å²) in [5.74, 6) is 0.318. The summed E-state index contributed by atoms with van der Waals surface area (Å²) in [5, 5.41) is 14.6. The van der Waals surface area contributed by atoms with E-state index in [1.165, 1.54) is 13.0 Å². The first-order chi connectivity index (χ1) is 12.9. The molecular weight excluding hydrogens is 340 g/mol. The topological polar surface area (TPSA) is 61.6 Å². The summed E-state index contributed by atoms with van der Waals surface area (Å²) in [7, 11) is 0. The van der Waals surface area contributed by atoms with E-state index in [0.29, 0.717) is 13.1 Å². The fourth-order valence-corrected chi connectivity index (χ4v) is 4.96. The molecule has 27 heavy (non-hydrogen) atoms. The van der Waals surface area contributed by atoms with Crippen LogP contribution in [-0.2, 0) is 11.3 Å². The average Bonchev–Trinajstić information content (AvgIpc) is 2.91. The zero-order valence-electron chi connectivity index (χ0n) is 17.5. The van der Waals surface area contributed by atoms with E-state index in [9.17, 15) is 9.90 Å². The second-order valence-electron chi connectivity index (χ2n) is 8.63. The van der Waals surface area contributed by atoms with Crippen LogP contribution in [-0.4, -0.2) is 69.9 Å². The fourth-order valence-electron chi connectivity index (χ4n) is 4.96. The lowest BCUT2D eigenvalue weighted by Gasteiger charge is -2.51. The molecule has 1 N–H and O–H groups in total. The van der Waals surface area contributed by atoms with E-state index < -0.39 is 0 Å². The molecule has 2 saturated heterocycles. The Morgan fingerprint density at radius 2 is 1.85 bits per heavy atom. The van der Waals surface area contributed by atoms with Crippen LogP contribution in [0.1, 0.15) is 49.6 Å². The Kier molecular flexibility index (Phi) is 6.26. The second kappa shape index (κ2) is 8.31. The van der Waals surface area contributed by atoms with Gasteiger partial charge in [0.2, 0.25) is 5.91 Å². The normalized spacial score (nSPS) is 23.1. The van der Waals surface area contributed by atoms with Gasteiger partial charge in [-0.3, -0.25) is 9.48 Å². The van der Waals surface area contributed by atoms with E-state index in [0.717, 1.165) is 55.8 Å². The number of carbonyl (C=O) groups is 1. The number of nitrogens with zero attached hydrogens (tertiary/aromatic N) is 4. The number of aliphatic hydroxyl groups excluding tert-OH is 1. The molecule has 0 aliphatic carbocycles. The first-order valence-corrected chi connectivity index (χ1v) is 10.5. The highest BCUT2D eigenvalue weighted by molar-refractivity contribution is 5.76. The van der Waals surface area contributed by atoms with E-state index in [4.69, 9.17) is 0 Å². The van der Waals surface area contributed by atoms with Crippen LogP contribution in [0.25, 0.3) is 0 Å². The minimum atomic E-state index is 0.123. The van der Waals surface area contributed by atoms with Crippen molar-refractivity contribution in [1.82, 2.24) is 19.6 Å². The summed E-state index contributed by atoms with van der Waals surface area (Å²) >= 11 is 0. The molecule has 1 aromatic heterocycles. The van der Waals surface area contributed by atoms with Gasteiger partial charge in [-0.2, -0.15) is 5.10 Å². The van der Waals surface area contributed by atoms with E-state index in [1.54, 1.807) is 0 Å². The summed E-state index contributed by atoms with van der Waals surface area (Å²) in [6.07, 6.45) is 4.51. The molecule has 1 aromatic rings. The van der Waals surface area contributed by atoms with Crippen LogP contribution >= 0.6 is 0 Å². The lowest BCUT2D eigenvalue weighted by molar-refractivity contribution is -0.138. The maximum Gasteiger partial charge on any atom is 0.244 e. The van der Waals surface area contributed by atoms with Crippen molar-refractivity contribution in [3.05, 3.63) is 17.0 Å². The SMILES string of the molecule is CCCN1CCC2(CC1)CCN(C(=O)Cn1nc(C)c(C)c1C)C[C@H]2CO. The smallest absolute Gasteiger partial charge is 0.244 e. The van der Waals surface area contributed by atoms with Gasteiger partial charge in [0.05, 0.1) is 5.69 Å². The lowest BCUT2D eigenvalue weighted by Crippen LogP contribution is -2.55. The number of amides is 1. The Bertz CT molecular complexity index is 661. The van der Waals surface area contributed by atoms with Crippen LogP contribution in [0.3, 0.4) is 0 Å². The number of aliphatic hydroxyl groups is 1. The van der Waals surface area contributed by atoms with Gasteiger partial charge in [0.25, 0.3) is 0 Å². The number of aryl methyl sites for hydroxylation is 1. The molecule has 0 radical (unpaired) electrons. The molecule has 0 saturated carbocycles.